The third kappa shape index (κ3) is 5.31. The van der Waals surface area contributed by atoms with Crippen LogP contribution in [0.2, 0.25) is 0 Å². The molecule has 0 fully saturated rings. The topological polar surface area (TPSA) is 108 Å². The van der Waals surface area contributed by atoms with Crippen molar-refractivity contribution in [2.45, 2.75) is 19.4 Å². The molecule has 0 aliphatic heterocycles. The second kappa shape index (κ2) is 8.11. The highest BCUT2D eigenvalue weighted by atomic mass is 16.5. The van der Waals surface area contributed by atoms with Crippen molar-refractivity contribution in [1.82, 2.24) is 4.90 Å². The molecule has 0 radical (unpaired) electrons. The predicted molar refractivity (Wildman–Crippen MR) is 78.4 cm³/mol. The minimum Gasteiger partial charge on any atom is -0.483 e. The van der Waals surface area contributed by atoms with E-state index in [0.717, 1.165) is 0 Å². The second-order valence-corrected chi connectivity index (χ2v) is 4.72. The Kier molecular flexibility index (Phi) is 6.48. The van der Waals surface area contributed by atoms with Crippen molar-refractivity contribution in [2.24, 2.45) is 10.9 Å². The number of carbonyl (C=O) groups is 1. The van der Waals surface area contributed by atoms with Crippen molar-refractivity contribution in [1.29, 1.82) is 0 Å². The number of amides is 1. The highest BCUT2D eigenvalue weighted by Crippen LogP contribution is 2.17. The maximum atomic E-state index is 11.9. The maximum absolute atomic E-state index is 11.9. The van der Waals surface area contributed by atoms with Crippen molar-refractivity contribution < 1.29 is 19.8 Å². The molecule has 0 spiro atoms. The SMILES string of the molecule is CC(O)CCN(C)C(=O)COc1ccccc1/C(N)=N/O. The number of likely N-dealkylation sites (N-methyl/N-ethyl adjacent to an activating group) is 1. The van der Waals surface area contributed by atoms with Gasteiger partial charge in [-0.15, -0.1) is 0 Å². The molecule has 1 unspecified atom stereocenters. The summed E-state index contributed by atoms with van der Waals surface area (Å²) < 4.78 is 5.42. The van der Waals surface area contributed by atoms with E-state index in [0.29, 0.717) is 24.3 Å². The van der Waals surface area contributed by atoms with Crippen LogP contribution in [0.1, 0.15) is 18.9 Å². The molecule has 0 aliphatic rings. The van der Waals surface area contributed by atoms with Crippen molar-refractivity contribution >= 4 is 11.7 Å². The van der Waals surface area contributed by atoms with Gasteiger partial charge in [0.05, 0.1) is 11.7 Å². The van der Waals surface area contributed by atoms with Gasteiger partial charge in [0.15, 0.2) is 12.4 Å². The highest BCUT2D eigenvalue weighted by Gasteiger charge is 2.13. The maximum Gasteiger partial charge on any atom is 0.260 e. The number of aliphatic hydroxyl groups excluding tert-OH is 1. The molecule has 0 saturated heterocycles. The molecule has 0 bridgehead atoms. The molecule has 1 atom stereocenters. The molecule has 0 aliphatic carbocycles. The number of hydrogen-bond donors (Lipinski definition) is 3. The number of oxime groups is 1. The van der Waals surface area contributed by atoms with Crippen molar-refractivity contribution in [3.63, 3.8) is 0 Å². The Balaban J connectivity index is 2.61. The number of carbonyl (C=O) groups excluding carboxylic acids is 1. The third-order valence-corrected chi connectivity index (χ3v) is 2.93. The van der Waals surface area contributed by atoms with E-state index in [1.807, 2.05) is 0 Å². The van der Waals surface area contributed by atoms with Crippen molar-refractivity contribution in [2.75, 3.05) is 20.2 Å². The van der Waals surface area contributed by atoms with Gasteiger partial charge in [-0.1, -0.05) is 17.3 Å². The summed E-state index contributed by atoms with van der Waals surface area (Å²) in [7, 11) is 1.64. The number of benzene rings is 1. The fourth-order valence-corrected chi connectivity index (χ4v) is 1.61. The van der Waals surface area contributed by atoms with Crippen LogP contribution in [0.5, 0.6) is 5.75 Å². The first kappa shape index (κ1) is 16.8. The van der Waals surface area contributed by atoms with Crippen LogP contribution < -0.4 is 10.5 Å². The van der Waals surface area contributed by atoms with E-state index in [-0.39, 0.29) is 18.3 Å². The van der Waals surface area contributed by atoms with Gasteiger partial charge in [-0.25, -0.2) is 0 Å². The van der Waals surface area contributed by atoms with E-state index in [2.05, 4.69) is 5.16 Å². The molecule has 21 heavy (non-hydrogen) atoms. The van der Waals surface area contributed by atoms with Gasteiger partial charge >= 0.3 is 0 Å². The lowest BCUT2D eigenvalue weighted by Crippen LogP contribution is -2.33. The summed E-state index contributed by atoms with van der Waals surface area (Å²) >= 11 is 0. The number of aliphatic hydroxyl groups is 1. The molecule has 0 heterocycles. The minimum atomic E-state index is -0.456. The zero-order valence-corrected chi connectivity index (χ0v) is 12.2. The molecular formula is C14H21N3O4. The summed E-state index contributed by atoms with van der Waals surface area (Å²) in [5, 5.41) is 20.8. The van der Waals surface area contributed by atoms with Gasteiger partial charge in [0.2, 0.25) is 0 Å². The Labute approximate surface area is 123 Å². The van der Waals surface area contributed by atoms with Gasteiger partial charge in [0.1, 0.15) is 5.75 Å². The van der Waals surface area contributed by atoms with E-state index in [1.165, 1.54) is 4.90 Å². The summed E-state index contributed by atoms with van der Waals surface area (Å²) in [4.78, 5) is 13.4. The average Bonchev–Trinajstić information content (AvgIpc) is 2.49. The van der Waals surface area contributed by atoms with Crippen LogP contribution in [0, 0.1) is 0 Å². The number of hydrogen-bond acceptors (Lipinski definition) is 5. The smallest absolute Gasteiger partial charge is 0.260 e. The van der Waals surface area contributed by atoms with Gasteiger partial charge in [-0.2, -0.15) is 0 Å². The lowest BCUT2D eigenvalue weighted by Gasteiger charge is -2.18. The van der Waals surface area contributed by atoms with Crippen molar-refractivity contribution in [3.05, 3.63) is 29.8 Å². The Morgan fingerprint density at radius 2 is 2.14 bits per heavy atom. The number of para-hydroxylation sites is 1. The van der Waals surface area contributed by atoms with Gasteiger partial charge in [0, 0.05) is 13.6 Å². The first-order valence-electron chi connectivity index (χ1n) is 6.57. The standard InChI is InChI=1S/C14H21N3O4/c1-10(18)7-8-17(2)13(19)9-21-12-6-4-3-5-11(12)14(15)16-20/h3-6,10,18,20H,7-9H2,1-2H3,(H2,15,16). The van der Waals surface area contributed by atoms with E-state index < -0.39 is 6.10 Å². The monoisotopic (exact) mass is 295 g/mol. The summed E-state index contributed by atoms with van der Waals surface area (Å²) in [6.07, 6.45) is 0.0469. The minimum absolute atomic E-state index is 0.0829. The van der Waals surface area contributed by atoms with Gasteiger partial charge in [0.25, 0.3) is 5.91 Å². The zero-order valence-electron chi connectivity index (χ0n) is 12.2. The molecule has 1 aromatic carbocycles. The van der Waals surface area contributed by atoms with Crippen LogP contribution in [0.15, 0.2) is 29.4 Å². The molecule has 4 N–H and O–H groups in total. The van der Waals surface area contributed by atoms with Crippen LogP contribution >= 0.6 is 0 Å². The molecule has 0 saturated carbocycles. The molecule has 1 amide bonds. The molecular weight excluding hydrogens is 274 g/mol. The van der Waals surface area contributed by atoms with Gasteiger partial charge < -0.3 is 25.7 Å². The van der Waals surface area contributed by atoms with Crippen LogP contribution in [-0.4, -0.2) is 53.3 Å². The van der Waals surface area contributed by atoms with Crippen LogP contribution in [0.4, 0.5) is 0 Å². The first-order chi connectivity index (χ1) is 9.95. The largest absolute Gasteiger partial charge is 0.483 e. The highest BCUT2D eigenvalue weighted by molar-refractivity contribution is 5.99. The molecule has 7 heteroatoms. The molecule has 7 nitrogen and oxygen atoms in total. The molecule has 1 aromatic rings. The summed E-state index contributed by atoms with van der Waals surface area (Å²) in [5.74, 6) is 0.0653. The fraction of sp³-hybridized carbons (Fsp3) is 0.429. The predicted octanol–water partition coefficient (Wildman–Crippen LogP) is 0.389. The number of nitrogens with two attached hydrogens (primary N) is 1. The Morgan fingerprint density at radius 1 is 1.48 bits per heavy atom. The third-order valence-electron chi connectivity index (χ3n) is 2.93. The quantitative estimate of drug-likeness (QED) is 0.292. The van der Waals surface area contributed by atoms with Crippen LogP contribution in [0.3, 0.4) is 0 Å². The van der Waals surface area contributed by atoms with E-state index in [9.17, 15) is 9.90 Å². The number of amidine groups is 1. The molecule has 116 valence electrons. The van der Waals surface area contributed by atoms with Gasteiger partial charge in [-0.05, 0) is 25.5 Å². The Morgan fingerprint density at radius 3 is 2.76 bits per heavy atom. The van der Waals surface area contributed by atoms with E-state index in [1.54, 1.807) is 38.2 Å². The number of ether oxygens (including phenoxy) is 1. The number of nitrogens with zero attached hydrogens (tertiary/aromatic N) is 2. The molecule has 0 aromatic heterocycles. The lowest BCUT2D eigenvalue weighted by atomic mass is 10.2. The average molecular weight is 295 g/mol. The zero-order chi connectivity index (χ0) is 15.8. The Hall–Kier alpha value is -2.28. The van der Waals surface area contributed by atoms with Crippen LogP contribution in [-0.2, 0) is 4.79 Å². The summed E-state index contributed by atoms with van der Waals surface area (Å²) in [6, 6.07) is 6.71. The Bertz CT molecular complexity index is 503. The van der Waals surface area contributed by atoms with Crippen LogP contribution in [0.25, 0.3) is 0 Å². The molecule has 1 rings (SSSR count). The van der Waals surface area contributed by atoms with E-state index >= 15 is 0 Å². The van der Waals surface area contributed by atoms with E-state index in [4.69, 9.17) is 15.7 Å². The fourth-order valence-electron chi connectivity index (χ4n) is 1.61. The first-order valence-corrected chi connectivity index (χ1v) is 6.57. The number of rotatable bonds is 7. The van der Waals surface area contributed by atoms with Gasteiger partial charge in [-0.3, -0.25) is 4.79 Å². The second-order valence-electron chi connectivity index (χ2n) is 4.72. The summed E-state index contributed by atoms with van der Waals surface area (Å²) in [6.45, 7) is 1.95. The summed E-state index contributed by atoms with van der Waals surface area (Å²) in [5.41, 5.74) is 5.96. The lowest BCUT2D eigenvalue weighted by molar-refractivity contribution is -0.132. The normalized spacial score (nSPS) is 12.8. The van der Waals surface area contributed by atoms with Crippen molar-refractivity contribution in [3.8, 4) is 5.75 Å².